The van der Waals surface area contributed by atoms with Crippen molar-refractivity contribution in [3.8, 4) is 0 Å². The van der Waals surface area contributed by atoms with Crippen molar-refractivity contribution in [1.82, 2.24) is 0 Å². The molecule has 6 fully saturated rings. The number of methoxy groups -OCH3 is 1. The Balaban J connectivity index is 1.72. The van der Waals surface area contributed by atoms with Gasteiger partial charge in [0.25, 0.3) is 0 Å². The number of hydrogen-bond donors (Lipinski definition) is 3. The molecule has 2 spiro atoms. The van der Waals surface area contributed by atoms with Crippen molar-refractivity contribution in [2.75, 3.05) is 7.11 Å². The molecule has 3 N–H and O–H groups in total. The molecule has 0 aromatic carbocycles. The first-order chi connectivity index (χ1) is 14.4. The predicted molar refractivity (Wildman–Crippen MR) is 93.6 cm³/mol. The van der Waals surface area contributed by atoms with Gasteiger partial charge in [-0.25, -0.2) is 14.4 Å². The lowest BCUT2D eigenvalue weighted by atomic mass is 9.51. The number of esters is 3. The molecule has 6 aliphatic rings. The Morgan fingerprint density at radius 1 is 1.06 bits per heavy atom. The fourth-order valence-electron chi connectivity index (χ4n) is 8.14. The second-order valence-corrected chi connectivity index (χ2v) is 10.6. The quantitative estimate of drug-likeness (QED) is 0.307. The first-order valence-electron chi connectivity index (χ1n) is 10.3. The largest absolute Gasteiger partial charge is 0.459 e. The van der Waals surface area contributed by atoms with Crippen LogP contribution in [0.2, 0.25) is 0 Å². The van der Waals surface area contributed by atoms with Crippen LogP contribution in [0.4, 0.5) is 0 Å². The third kappa shape index (κ3) is 1.49. The molecule has 11 nitrogen and oxygen atoms in total. The normalized spacial score (nSPS) is 58.5. The molecule has 31 heavy (non-hydrogen) atoms. The maximum absolute atomic E-state index is 13.4. The van der Waals surface area contributed by atoms with E-state index in [0.29, 0.717) is 0 Å². The highest BCUT2D eigenvalue weighted by molar-refractivity contribution is 5.94. The highest BCUT2D eigenvalue weighted by atomic mass is 16.8. The SMILES string of the molecule is CC(C)(C)C1CC2OC(=O)C34OC5OC(=O)[C@H](O[11CH3])C51C23[C@@H](O)C1OC(=O)[C@@H](O)[C@@]14O. The van der Waals surface area contributed by atoms with Gasteiger partial charge in [0.15, 0.2) is 23.9 Å². The second kappa shape index (κ2) is 5.07. The molecule has 11 atom stereocenters. The molecule has 0 aromatic heterocycles. The summed E-state index contributed by atoms with van der Waals surface area (Å²) in [6.45, 7) is 5.80. The number of aliphatic hydroxyl groups is 3. The standard InChI is InChI=1S/C20H24O11/c1-16(2,3)6-5-7-18-8(21)10-19(26,9(22)12(23)29-10)20(18,14(25)28-7)31-15-17(6,18)11(27-4)13(24)30-15/h6-11,15,21-22,26H,5H2,1-4H3/t6?,7?,8-,9+,10?,11-,15?,17?,18?,19+,20?/m0/s1/i4-1. The van der Waals surface area contributed by atoms with E-state index in [9.17, 15) is 29.7 Å². The Morgan fingerprint density at radius 2 is 1.74 bits per heavy atom. The molecule has 0 bridgehead atoms. The topological polar surface area (TPSA) is 158 Å². The molecular formula is C20H24O11. The number of aliphatic hydroxyl groups excluding tert-OH is 2. The van der Waals surface area contributed by atoms with Crippen LogP contribution in [-0.2, 0) is 38.1 Å². The smallest absolute Gasteiger partial charge is 0.343 e. The van der Waals surface area contributed by atoms with Gasteiger partial charge in [0.05, 0.1) is 10.8 Å². The van der Waals surface area contributed by atoms with Crippen LogP contribution in [0.15, 0.2) is 0 Å². The van der Waals surface area contributed by atoms with Crippen molar-refractivity contribution in [3.63, 3.8) is 0 Å². The van der Waals surface area contributed by atoms with Gasteiger partial charge >= 0.3 is 17.9 Å². The lowest BCUT2D eigenvalue weighted by Gasteiger charge is -2.48. The Morgan fingerprint density at radius 3 is 2.35 bits per heavy atom. The van der Waals surface area contributed by atoms with E-state index >= 15 is 0 Å². The fraction of sp³-hybridized carbons (Fsp3) is 0.850. The molecular weight excluding hydrogens is 415 g/mol. The van der Waals surface area contributed by atoms with Crippen molar-refractivity contribution in [3.05, 3.63) is 0 Å². The number of fused-ring (bicyclic) bond motifs is 1. The summed E-state index contributed by atoms with van der Waals surface area (Å²) in [7, 11) is 1.32. The monoisotopic (exact) mass is 439 g/mol. The average molecular weight is 439 g/mol. The van der Waals surface area contributed by atoms with Gasteiger partial charge in [-0.05, 0) is 17.8 Å². The number of rotatable bonds is 1. The lowest BCUT2D eigenvalue weighted by Crippen LogP contribution is -2.68. The van der Waals surface area contributed by atoms with Crippen molar-refractivity contribution < 1.29 is 53.4 Å². The van der Waals surface area contributed by atoms with Crippen LogP contribution in [0.25, 0.3) is 0 Å². The van der Waals surface area contributed by atoms with Crippen molar-refractivity contribution >= 4 is 17.9 Å². The van der Waals surface area contributed by atoms with E-state index in [1.807, 2.05) is 20.8 Å². The van der Waals surface area contributed by atoms with Crippen LogP contribution in [0, 0.1) is 22.2 Å². The maximum atomic E-state index is 13.4. The molecule has 4 heterocycles. The van der Waals surface area contributed by atoms with Crippen LogP contribution in [-0.4, -0.2) is 88.3 Å². The zero-order valence-corrected chi connectivity index (χ0v) is 17.4. The molecule has 4 saturated heterocycles. The third-order valence-corrected chi connectivity index (χ3v) is 8.83. The van der Waals surface area contributed by atoms with Gasteiger partial charge in [-0.15, -0.1) is 0 Å². The lowest BCUT2D eigenvalue weighted by molar-refractivity contribution is -0.245. The van der Waals surface area contributed by atoms with E-state index < -0.39 is 88.1 Å². The summed E-state index contributed by atoms with van der Waals surface area (Å²) >= 11 is 0. The summed E-state index contributed by atoms with van der Waals surface area (Å²) in [5, 5.41) is 34.0. The Kier molecular flexibility index (Phi) is 3.25. The number of carbonyl (C=O) groups is 3. The number of hydrogen-bond acceptors (Lipinski definition) is 11. The molecule has 0 aromatic rings. The molecule has 2 aliphatic carbocycles. The van der Waals surface area contributed by atoms with Crippen LogP contribution in [0.5, 0.6) is 0 Å². The van der Waals surface area contributed by atoms with Gasteiger partial charge in [-0.3, -0.25) is 0 Å². The predicted octanol–water partition coefficient (Wildman–Crippen LogP) is -1.99. The summed E-state index contributed by atoms with van der Waals surface area (Å²) in [5.41, 5.74) is -8.72. The molecule has 6 rings (SSSR count). The van der Waals surface area contributed by atoms with Gasteiger partial charge in [-0.1, -0.05) is 20.8 Å². The minimum Gasteiger partial charge on any atom is -0.459 e. The highest BCUT2D eigenvalue weighted by Crippen LogP contribution is 2.84. The average Bonchev–Trinajstić information content (AvgIpc) is 3.38. The molecule has 2 saturated carbocycles. The fourth-order valence-corrected chi connectivity index (χ4v) is 8.14. The van der Waals surface area contributed by atoms with Crippen molar-refractivity contribution in [2.45, 2.75) is 75.2 Å². The van der Waals surface area contributed by atoms with E-state index in [0.717, 1.165) is 0 Å². The Hall–Kier alpha value is -1.79. The van der Waals surface area contributed by atoms with Crippen LogP contribution in [0.1, 0.15) is 27.2 Å². The van der Waals surface area contributed by atoms with Crippen LogP contribution >= 0.6 is 0 Å². The Bertz CT molecular complexity index is 942. The van der Waals surface area contributed by atoms with Gasteiger partial charge in [0, 0.05) is 7.11 Å². The van der Waals surface area contributed by atoms with E-state index in [1.165, 1.54) is 7.11 Å². The first kappa shape index (κ1) is 19.9. The van der Waals surface area contributed by atoms with E-state index in [1.54, 1.807) is 0 Å². The summed E-state index contributed by atoms with van der Waals surface area (Å²) in [6, 6.07) is 0. The minimum absolute atomic E-state index is 0.233. The third-order valence-electron chi connectivity index (χ3n) is 8.83. The molecule has 0 radical (unpaired) electrons. The van der Waals surface area contributed by atoms with Gasteiger partial charge < -0.3 is 39.0 Å². The zero-order chi connectivity index (χ0) is 22.5. The molecule has 7 unspecified atom stereocenters. The van der Waals surface area contributed by atoms with Crippen molar-refractivity contribution in [1.29, 1.82) is 0 Å². The van der Waals surface area contributed by atoms with E-state index in [4.69, 9.17) is 23.7 Å². The van der Waals surface area contributed by atoms with E-state index in [2.05, 4.69) is 0 Å². The Labute approximate surface area is 176 Å². The van der Waals surface area contributed by atoms with E-state index in [-0.39, 0.29) is 6.42 Å². The molecule has 11 heteroatoms. The first-order valence-corrected chi connectivity index (χ1v) is 10.3. The minimum atomic E-state index is -2.63. The number of carbonyl (C=O) groups excluding carboxylic acids is 3. The number of ether oxygens (including phenoxy) is 5. The van der Waals surface area contributed by atoms with Gasteiger partial charge in [-0.2, -0.15) is 0 Å². The summed E-state index contributed by atoms with van der Waals surface area (Å²) in [5.74, 6) is -3.37. The summed E-state index contributed by atoms with van der Waals surface area (Å²) in [6.07, 6.45) is -8.88. The second-order valence-electron chi connectivity index (χ2n) is 10.6. The molecule has 170 valence electrons. The van der Waals surface area contributed by atoms with Crippen LogP contribution in [0.3, 0.4) is 0 Å². The zero-order valence-electron chi connectivity index (χ0n) is 17.4. The highest BCUT2D eigenvalue weighted by Gasteiger charge is 3.04. The molecule has 4 aliphatic heterocycles. The van der Waals surface area contributed by atoms with Gasteiger partial charge in [0.1, 0.15) is 12.2 Å². The van der Waals surface area contributed by atoms with Crippen LogP contribution < -0.4 is 0 Å². The maximum Gasteiger partial charge on any atom is 0.343 e. The van der Waals surface area contributed by atoms with Crippen molar-refractivity contribution in [2.24, 2.45) is 22.2 Å². The summed E-state index contributed by atoms with van der Waals surface area (Å²) < 4.78 is 28.0. The van der Waals surface area contributed by atoms with Gasteiger partial charge in [0.2, 0.25) is 11.9 Å². The molecule has 0 amide bonds. The summed E-state index contributed by atoms with van der Waals surface area (Å²) in [4.78, 5) is 38.4.